The smallest absolute Gasteiger partial charge is 0.414 e. The molecule has 9 nitrogen and oxygen atoms in total. The minimum Gasteiger partial charge on any atom is -0.449 e. The summed E-state index contributed by atoms with van der Waals surface area (Å²) in [6, 6.07) is 10.00. The first-order valence-electron chi connectivity index (χ1n) is 9.03. The number of hydrogen-bond donors (Lipinski definition) is 2. The van der Waals surface area contributed by atoms with Crippen LogP contribution in [0.2, 0.25) is 0 Å². The lowest BCUT2D eigenvalue weighted by atomic mass is 10.1. The molecule has 2 aliphatic heterocycles. The predicted molar refractivity (Wildman–Crippen MR) is 103 cm³/mol. The van der Waals surface area contributed by atoms with Crippen molar-refractivity contribution in [3.05, 3.63) is 42.0 Å². The number of hydrogen-bond acceptors (Lipinski definition) is 6. The van der Waals surface area contributed by atoms with E-state index in [4.69, 9.17) is 14.2 Å². The molecule has 1 atom stereocenters. The fourth-order valence-corrected chi connectivity index (χ4v) is 3.12. The zero-order chi connectivity index (χ0) is 20.5. The fraction of sp³-hybridized carbons (Fsp3) is 0.250. The van der Waals surface area contributed by atoms with E-state index in [1.54, 1.807) is 43.4 Å². The van der Waals surface area contributed by atoms with Crippen molar-refractivity contribution in [3.8, 4) is 23.0 Å². The van der Waals surface area contributed by atoms with Crippen molar-refractivity contribution in [2.24, 2.45) is 0 Å². The van der Waals surface area contributed by atoms with E-state index < -0.39 is 12.2 Å². The maximum atomic E-state index is 12.2. The summed E-state index contributed by atoms with van der Waals surface area (Å²) in [5.41, 5.74) is 1.05. The molecule has 0 spiro atoms. The van der Waals surface area contributed by atoms with Crippen molar-refractivity contribution >= 4 is 23.6 Å². The summed E-state index contributed by atoms with van der Waals surface area (Å²) in [6.07, 6.45) is -0.920. The molecule has 2 aromatic carbocycles. The highest BCUT2D eigenvalue weighted by molar-refractivity contribution is 5.95. The molecule has 0 bridgehead atoms. The molecule has 3 amide bonds. The van der Waals surface area contributed by atoms with Crippen molar-refractivity contribution in [2.45, 2.75) is 13.0 Å². The summed E-state index contributed by atoms with van der Waals surface area (Å²) in [5, 5.41) is 5.20. The van der Waals surface area contributed by atoms with Gasteiger partial charge in [-0.1, -0.05) is 0 Å². The van der Waals surface area contributed by atoms with Gasteiger partial charge in [-0.25, -0.2) is 4.79 Å². The lowest BCUT2D eigenvalue weighted by Crippen LogP contribution is -2.33. The Morgan fingerprint density at radius 3 is 2.45 bits per heavy atom. The third kappa shape index (κ3) is 3.66. The maximum Gasteiger partial charge on any atom is 0.414 e. The first-order chi connectivity index (χ1) is 13.9. The Balaban J connectivity index is 1.52. The average molecular weight is 397 g/mol. The summed E-state index contributed by atoms with van der Waals surface area (Å²) in [6.45, 7) is 1.97. The van der Waals surface area contributed by atoms with E-state index in [-0.39, 0.29) is 18.4 Å². The van der Waals surface area contributed by atoms with Gasteiger partial charge in [0.1, 0.15) is 6.10 Å². The molecule has 2 aliphatic rings. The number of nitrogens with one attached hydrogen (secondary N) is 2. The summed E-state index contributed by atoms with van der Waals surface area (Å²) in [7, 11) is 1.56. The van der Waals surface area contributed by atoms with Gasteiger partial charge < -0.3 is 24.8 Å². The van der Waals surface area contributed by atoms with Crippen molar-refractivity contribution < 1.29 is 28.6 Å². The molecular formula is C20H19N3O6. The van der Waals surface area contributed by atoms with Gasteiger partial charge in [0.15, 0.2) is 23.0 Å². The molecule has 0 radical (unpaired) electrons. The fourth-order valence-electron chi connectivity index (χ4n) is 3.12. The Labute approximate surface area is 166 Å². The zero-order valence-corrected chi connectivity index (χ0v) is 15.9. The molecular weight excluding hydrogens is 378 g/mol. The van der Waals surface area contributed by atoms with Gasteiger partial charge in [-0.05, 0) is 30.3 Å². The number of cyclic esters (lactones) is 1. The third-order valence-electron chi connectivity index (χ3n) is 4.56. The maximum absolute atomic E-state index is 12.2. The van der Waals surface area contributed by atoms with E-state index in [2.05, 4.69) is 10.6 Å². The molecule has 150 valence electrons. The second-order valence-corrected chi connectivity index (χ2v) is 6.63. The van der Waals surface area contributed by atoms with Crippen LogP contribution in [0.4, 0.5) is 10.5 Å². The van der Waals surface area contributed by atoms with Crippen LogP contribution in [0.1, 0.15) is 17.3 Å². The molecule has 1 fully saturated rings. The molecule has 29 heavy (non-hydrogen) atoms. The van der Waals surface area contributed by atoms with Crippen LogP contribution in [0.25, 0.3) is 0 Å². The lowest BCUT2D eigenvalue weighted by molar-refractivity contribution is -0.119. The number of carbonyl (C=O) groups excluding carboxylic acids is 3. The first-order valence-corrected chi connectivity index (χ1v) is 9.03. The highest BCUT2D eigenvalue weighted by Crippen LogP contribution is 2.47. The molecule has 4 rings (SSSR count). The van der Waals surface area contributed by atoms with Crippen LogP contribution < -0.4 is 25.0 Å². The van der Waals surface area contributed by atoms with Gasteiger partial charge in [0, 0.05) is 25.6 Å². The minimum absolute atomic E-state index is 0.183. The van der Waals surface area contributed by atoms with Crippen molar-refractivity contribution in [1.29, 1.82) is 0 Å². The molecule has 0 saturated carbocycles. The number of nitrogens with zero attached hydrogens (tertiary/aromatic N) is 1. The Bertz CT molecular complexity index is 1010. The number of amides is 3. The van der Waals surface area contributed by atoms with E-state index in [1.165, 1.54) is 11.8 Å². The van der Waals surface area contributed by atoms with Gasteiger partial charge in [-0.2, -0.15) is 0 Å². The molecule has 2 aromatic rings. The quantitative estimate of drug-likeness (QED) is 0.700. The highest BCUT2D eigenvalue weighted by Gasteiger charge is 2.33. The number of carbonyl (C=O) groups is 3. The topological polar surface area (TPSA) is 106 Å². The van der Waals surface area contributed by atoms with Gasteiger partial charge in [0.2, 0.25) is 5.91 Å². The Morgan fingerprint density at radius 2 is 1.76 bits per heavy atom. The number of anilines is 1. The summed E-state index contributed by atoms with van der Waals surface area (Å²) in [5.74, 6) is 1.41. The van der Waals surface area contributed by atoms with Crippen LogP contribution in [0.5, 0.6) is 23.0 Å². The number of fused-ring (bicyclic) bond motifs is 2. The van der Waals surface area contributed by atoms with Gasteiger partial charge in [-0.15, -0.1) is 0 Å². The molecule has 1 saturated heterocycles. The highest BCUT2D eigenvalue weighted by atomic mass is 16.6. The summed E-state index contributed by atoms with van der Waals surface area (Å²) < 4.78 is 17.0. The second-order valence-electron chi connectivity index (χ2n) is 6.63. The van der Waals surface area contributed by atoms with E-state index >= 15 is 0 Å². The minimum atomic E-state index is -0.493. The molecule has 2 heterocycles. The van der Waals surface area contributed by atoms with Crippen molar-refractivity contribution in [1.82, 2.24) is 10.6 Å². The SMILES string of the molecule is CNC(=O)c1ccc2c(c1)Oc1ccc(N3C[C@H](CNC(C)=O)OC3=O)cc1O2. The zero-order valence-electron chi connectivity index (χ0n) is 15.9. The van der Waals surface area contributed by atoms with Crippen LogP contribution in [0, 0.1) is 0 Å². The summed E-state index contributed by atoms with van der Waals surface area (Å²) >= 11 is 0. The molecule has 0 aromatic heterocycles. The van der Waals surface area contributed by atoms with Crippen LogP contribution in [-0.4, -0.2) is 44.1 Å². The standard InChI is InChI=1S/C20H19N3O6/c1-11(24)22-9-14-10-23(20(26)27-14)13-4-6-16-18(8-13)29-15-5-3-12(19(25)21-2)7-17(15)28-16/h3-8,14H,9-10H2,1-2H3,(H,21,25)(H,22,24)/t14-/m0/s1. The van der Waals surface area contributed by atoms with Gasteiger partial charge in [-0.3, -0.25) is 14.5 Å². The Kier molecular flexibility index (Phi) is 4.71. The lowest BCUT2D eigenvalue weighted by Gasteiger charge is -2.23. The molecule has 0 unspecified atom stereocenters. The van der Waals surface area contributed by atoms with E-state index in [9.17, 15) is 14.4 Å². The monoisotopic (exact) mass is 397 g/mol. The van der Waals surface area contributed by atoms with Crippen LogP contribution >= 0.6 is 0 Å². The predicted octanol–water partition coefficient (Wildman–Crippen LogP) is 2.41. The second kappa shape index (κ2) is 7.34. The molecule has 2 N–H and O–H groups in total. The van der Waals surface area contributed by atoms with Crippen LogP contribution in [-0.2, 0) is 9.53 Å². The normalized spacial score (nSPS) is 16.7. The van der Waals surface area contributed by atoms with Crippen molar-refractivity contribution in [2.75, 3.05) is 25.0 Å². The van der Waals surface area contributed by atoms with E-state index in [0.29, 0.717) is 40.8 Å². The number of rotatable bonds is 4. The number of benzene rings is 2. The van der Waals surface area contributed by atoms with E-state index in [0.717, 1.165) is 0 Å². The van der Waals surface area contributed by atoms with E-state index in [1.807, 2.05) is 0 Å². The Hall–Kier alpha value is -3.75. The summed E-state index contributed by atoms with van der Waals surface area (Å²) in [4.78, 5) is 36.5. The van der Waals surface area contributed by atoms with Gasteiger partial charge in [0.05, 0.1) is 18.8 Å². The Morgan fingerprint density at radius 1 is 1.07 bits per heavy atom. The molecule has 0 aliphatic carbocycles. The largest absolute Gasteiger partial charge is 0.449 e. The third-order valence-corrected chi connectivity index (χ3v) is 4.56. The van der Waals surface area contributed by atoms with Gasteiger partial charge in [0.25, 0.3) is 5.91 Å². The van der Waals surface area contributed by atoms with Crippen molar-refractivity contribution in [3.63, 3.8) is 0 Å². The number of ether oxygens (including phenoxy) is 3. The van der Waals surface area contributed by atoms with Crippen LogP contribution in [0.15, 0.2) is 36.4 Å². The van der Waals surface area contributed by atoms with Gasteiger partial charge >= 0.3 is 6.09 Å². The van der Waals surface area contributed by atoms with Crippen LogP contribution in [0.3, 0.4) is 0 Å². The molecule has 9 heteroatoms. The first kappa shape index (κ1) is 18.6. The average Bonchev–Trinajstić information content (AvgIpc) is 3.09.